The summed E-state index contributed by atoms with van der Waals surface area (Å²) in [6.45, 7) is 4.29. The molecule has 0 aromatic heterocycles. The molecular weight excluding hydrogens is 536 g/mol. The lowest BCUT2D eigenvalue weighted by Crippen LogP contribution is -2.10. The summed E-state index contributed by atoms with van der Waals surface area (Å²) < 4.78 is 5.89. The van der Waals surface area contributed by atoms with E-state index in [0.29, 0.717) is 26.1 Å². The normalized spacial score (nSPS) is 13.2. The first-order chi connectivity index (χ1) is 20.9. The van der Waals surface area contributed by atoms with Gasteiger partial charge >= 0.3 is 0 Å². The summed E-state index contributed by atoms with van der Waals surface area (Å²) in [4.78, 5) is 0. The molecule has 0 aliphatic carbocycles. The summed E-state index contributed by atoms with van der Waals surface area (Å²) in [6.07, 6.45) is 3.89. The third-order valence-corrected chi connectivity index (χ3v) is 6.43. The first kappa shape index (κ1) is 31.4. The van der Waals surface area contributed by atoms with Gasteiger partial charge in [-0.2, -0.15) is 0 Å². The fourth-order valence-corrected chi connectivity index (χ4v) is 4.42. The Hall–Kier alpha value is -4.56. The predicted molar refractivity (Wildman–Crippen MR) is 179 cm³/mol. The monoisotopic (exact) mass is 578 g/mol. The van der Waals surface area contributed by atoms with Crippen molar-refractivity contribution in [3.05, 3.63) is 133 Å². The van der Waals surface area contributed by atoms with E-state index in [1.807, 2.05) is 121 Å². The van der Waals surface area contributed by atoms with E-state index in [-0.39, 0.29) is 0 Å². The van der Waals surface area contributed by atoms with Crippen LogP contribution in [0.3, 0.4) is 0 Å². The molecule has 2 unspecified atom stereocenters. The van der Waals surface area contributed by atoms with Gasteiger partial charge in [-0.1, -0.05) is 36.4 Å². The average molecular weight is 579 g/mol. The fraction of sp³-hybridized carbons (Fsp3) is 0.222. The van der Waals surface area contributed by atoms with Crippen LogP contribution in [0, 0.1) is 0 Å². The molecule has 224 valence electrons. The zero-order chi connectivity index (χ0) is 30.3. The second-order valence-corrected chi connectivity index (χ2v) is 10.5. The van der Waals surface area contributed by atoms with Crippen LogP contribution >= 0.6 is 0 Å². The number of aliphatic hydroxyl groups excluding tert-OH is 2. The van der Waals surface area contributed by atoms with Crippen molar-refractivity contribution in [2.45, 2.75) is 38.9 Å². The number of rotatable bonds is 16. The molecule has 0 aliphatic rings. The van der Waals surface area contributed by atoms with E-state index in [0.717, 1.165) is 45.5 Å². The molecule has 6 N–H and O–H groups in total. The largest absolute Gasteiger partial charge is 0.393 e. The number of nitrogens with one attached hydrogen (secondary N) is 4. The van der Waals surface area contributed by atoms with E-state index in [9.17, 15) is 10.2 Å². The summed E-state index contributed by atoms with van der Waals surface area (Å²) in [6, 6.07) is 36.1. The molecule has 0 amide bonds. The van der Waals surface area contributed by atoms with Crippen LogP contribution in [-0.2, 0) is 4.74 Å². The van der Waals surface area contributed by atoms with Gasteiger partial charge in [-0.05, 0) is 98.8 Å². The molecule has 0 saturated heterocycles. The van der Waals surface area contributed by atoms with Crippen molar-refractivity contribution in [3.63, 3.8) is 0 Å². The Balaban J connectivity index is 1.30. The number of ether oxygens (including phenoxy) is 1. The van der Waals surface area contributed by atoms with E-state index in [4.69, 9.17) is 4.74 Å². The number of aliphatic hydroxyl groups is 2. The van der Waals surface area contributed by atoms with Gasteiger partial charge in [0.15, 0.2) is 0 Å². The number of hydrogen-bond donors (Lipinski definition) is 6. The van der Waals surface area contributed by atoms with E-state index < -0.39 is 12.2 Å². The zero-order valence-electron chi connectivity index (χ0n) is 24.8. The van der Waals surface area contributed by atoms with Crippen molar-refractivity contribution in [2.75, 3.05) is 34.5 Å². The van der Waals surface area contributed by atoms with E-state index >= 15 is 0 Å². The van der Waals surface area contributed by atoms with Crippen LogP contribution in [0.4, 0.5) is 34.1 Å². The van der Waals surface area contributed by atoms with Gasteiger partial charge in [-0.3, -0.25) is 0 Å². The van der Waals surface area contributed by atoms with Crippen molar-refractivity contribution in [2.24, 2.45) is 0 Å². The molecule has 0 bridgehead atoms. The summed E-state index contributed by atoms with van der Waals surface area (Å²) in [5.74, 6) is 0. The summed E-state index contributed by atoms with van der Waals surface area (Å²) in [5.41, 5.74) is 7.68. The average Bonchev–Trinajstić information content (AvgIpc) is 2.99. The van der Waals surface area contributed by atoms with Crippen LogP contribution < -0.4 is 21.3 Å². The van der Waals surface area contributed by atoms with Crippen LogP contribution in [0.5, 0.6) is 0 Å². The number of hydrogen-bond acceptors (Lipinski definition) is 7. The molecule has 0 spiro atoms. The molecule has 0 heterocycles. The van der Waals surface area contributed by atoms with Gasteiger partial charge in [0.25, 0.3) is 0 Å². The molecule has 7 nitrogen and oxygen atoms in total. The van der Waals surface area contributed by atoms with Gasteiger partial charge in [-0.25, -0.2) is 0 Å². The highest BCUT2D eigenvalue weighted by Crippen LogP contribution is 2.22. The highest BCUT2D eigenvalue weighted by atomic mass is 16.5. The van der Waals surface area contributed by atoms with Crippen LogP contribution in [0.1, 0.15) is 26.7 Å². The lowest BCUT2D eigenvalue weighted by Gasteiger charge is -2.15. The topological polar surface area (TPSA) is 97.8 Å². The van der Waals surface area contributed by atoms with Gasteiger partial charge in [0.1, 0.15) is 0 Å². The molecule has 43 heavy (non-hydrogen) atoms. The second-order valence-electron chi connectivity index (χ2n) is 10.5. The molecule has 2 atom stereocenters. The minimum Gasteiger partial charge on any atom is -0.393 e. The highest BCUT2D eigenvalue weighted by Gasteiger charge is 2.06. The molecule has 4 aromatic carbocycles. The minimum absolute atomic E-state index is 0.376. The summed E-state index contributed by atoms with van der Waals surface area (Å²) in [5, 5.41) is 33.6. The third kappa shape index (κ3) is 11.7. The summed E-state index contributed by atoms with van der Waals surface area (Å²) >= 11 is 0. The quantitative estimate of drug-likeness (QED) is 0.0749. The van der Waals surface area contributed by atoms with Crippen LogP contribution in [0.25, 0.3) is 0 Å². The first-order valence-electron chi connectivity index (χ1n) is 14.6. The molecule has 0 radical (unpaired) electrons. The number of anilines is 6. The Morgan fingerprint density at radius 3 is 1.21 bits per heavy atom. The molecule has 0 aliphatic heterocycles. The Bertz CT molecular complexity index is 1310. The fourth-order valence-electron chi connectivity index (χ4n) is 4.42. The maximum absolute atomic E-state index is 10.0. The highest BCUT2D eigenvalue weighted by molar-refractivity contribution is 5.64. The van der Waals surface area contributed by atoms with Gasteiger partial charge in [-0.15, -0.1) is 0 Å². The SMILES string of the molecule is CC(O)CC(=CCOCC=C(CC(C)O)Nc1ccc(Nc2ccccc2)cc1)Nc1ccc(Nc2ccccc2)cc1. The lowest BCUT2D eigenvalue weighted by molar-refractivity contribution is 0.184. The molecule has 4 rings (SSSR count). The lowest BCUT2D eigenvalue weighted by atomic mass is 10.2. The van der Waals surface area contributed by atoms with Crippen molar-refractivity contribution in [1.82, 2.24) is 0 Å². The van der Waals surface area contributed by atoms with Crippen LogP contribution in [0.2, 0.25) is 0 Å². The summed E-state index contributed by atoms with van der Waals surface area (Å²) in [7, 11) is 0. The smallest absolute Gasteiger partial charge is 0.0671 e. The molecule has 4 aromatic rings. The molecule has 7 heteroatoms. The Kier molecular flexibility index (Phi) is 12.2. The van der Waals surface area contributed by atoms with Crippen LogP contribution in [0.15, 0.2) is 133 Å². The molecule has 0 saturated carbocycles. The first-order valence-corrected chi connectivity index (χ1v) is 14.6. The van der Waals surface area contributed by atoms with Crippen molar-refractivity contribution >= 4 is 34.1 Å². The Morgan fingerprint density at radius 1 is 0.535 bits per heavy atom. The van der Waals surface area contributed by atoms with Crippen molar-refractivity contribution in [3.8, 4) is 0 Å². The van der Waals surface area contributed by atoms with Crippen molar-refractivity contribution in [1.29, 1.82) is 0 Å². The predicted octanol–water partition coefficient (Wildman–Crippen LogP) is 8.02. The second kappa shape index (κ2) is 16.8. The van der Waals surface area contributed by atoms with E-state index in [2.05, 4.69) is 21.3 Å². The maximum atomic E-state index is 10.0. The van der Waals surface area contributed by atoms with Crippen molar-refractivity contribution < 1.29 is 14.9 Å². The van der Waals surface area contributed by atoms with E-state index in [1.165, 1.54) is 0 Å². The van der Waals surface area contributed by atoms with Gasteiger partial charge < -0.3 is 36.2 Å². The molecule has 0 fully saturated rings. The van der Waals surface area contributed by atoms with Gasteiger partial charge in [0.05, 0.1) is 25.4 Å². The maximum Gasteiger partial charge on any atom is 0.0671 e. The zero-order valence-corrected chi connectivity index (χ0v) is 24.8. The van der Waals surface area contributed by atoms with Gasteiger partial charge in [0.2, 0.25) is 0 Å². The van der Waals surface area contributed by atoms with Crippen LogP contribution in [-0.4, -0.2) is 35.6 Å². The third-order valence-electron chi connectivity index (χ3n) is 6.43. The number of benzene rings is 4. The standard InChI is InChI=1S/C36H42N4O3/c1-27(41)25-35(39-33-17-13-31(14-18-33)37-29-9-5-3-6-10-29)21-23-43-24-22-36(26-28(2)42)40-34-19-15-32(16-20-34)38-30-11-7-4-8-12-30/h3-22,27-28,37-42H,23-26H2,1-2H3. The Labute approximate surface area is 255 Å². The van der Waals surface area contributed by atoms with E-state index in [1.54, 1.807) is 13.8 Å². The Morgan fingerprint density at radius 2 is 0.860 bits per heavy atom. The minimum atomic E-state index is -0.492. The number of para-hydroxylation sites is 2. The molecular formula is C36H42N4O3. The van der Waals surface area contributed by atoms with Gasteiger partial charge in [0, 0.05) is 58.4 Å².